The van der Waals surface area contributed by atoms with E-state index >= 15 is 0 Å². The van der Waals surface area contributed by atoms with E-state index in [1.165, 1.54) is 28.0 Å². The smallest absolute Gasteiger partial charge is 0.341 e. The molecule has 10 heteroatoms. The molecule has 3 heterocycles. The summed E-state index contributed by atoms with van der Waals surface area (Å²) >= 11 is 4.27. The third-order valence-electron chi connectivity index (χ3n) is 6.73. The van der Waals surface area contributed by atoms with Gasteiger partial charge in [0.25, 0.3) is 5.56 Å². The van der Waals surface area contributed by atoms with Crippen molar-refractivity contribution in [1.29, 1.82) is 0 Å². The molecule has 0 bridgehead atoms. The van der Waals surface area contributed by atoms with Crippen molar-refractivity contribution in [3.63, 3.8) is 0 Å². The second-order valence-corrected chi connectivity index (χ2v) is 12.7. The number of aryl methyl sites for hydroxylation is 1. The van der Waals surface area contributed by atoms with Crippen LogP contribution in [0.1, 0.15) is 64.9 Å². The van der Waals surface area contributed by atoms with Crippen molar-refractivity contribution >= 4 is 61.5 Å². The number of carbonyl (C=O) groups is 2. The van der Waals surface area contributed by atoms with Crippen molar-refractivity contribution in [3.05, 3.63) is 36.8 Å². The maximum Gasteiger partial charge on any atom is 0.341 e. The number of esters is 1. The van der Waals surface area contributed by atoms with Crippen molar-refractivity contribution in [1.82, 2.24) is 9.97 Å². The van der Waals surface area contributed by atoms with Gasteiger partial charge in [0, 0.05) is 9.75 Å². The average molecular weight is 532 g/mol. The number of aromatic amines is 1. The van der Waals surface area contributed by atoms with Gasteiger partial charge in [-0.1, -0.05) is 25.6 Å². The first-order chi connectivity index (χ1) is 16.8. The number of anilines is 1. The van der Waals surface area contributed by atoms with Crippen LogP contribution in [-0.2, 0) is 35.2 Å². The highest BCUT2D eigenvalue weighted by atomic mass is 32.2. The Labute approximate surface area is 216 Å². The minimum atomic E-state index is -0.380. The van der Waals surface area contributed by atoms with E-state index in [-0.39, 0.29) is 29.8 Å². The monoisotopic (exact) mass is 531 g/mol. The Kier molecular flexibility index (Phi) is 7.05. The summed E-state index contributed by atoms with van der Waals surface area (Å²) in [6.07, 6.45) is 5.75. The zero-order chi connectivity index (χ0) is 24.7. The lowest BCUT2D eigenvalue weighted by atomic mass is 9.88. The Morgan fingerprint density at radius 3 is 2.51 bits per heavy atom. The molecule has 7 nitrogen and oxygen atoms in total. The zero-order valence-corrected chi connectivity index (χ0v) is 22.6. The molecule has 0 aliphatic heterocycles. The van der Waals surface area contributed by atoms with Gasteiger partial charge in [-0.15, -0.1) is 22.7 Å². The molecule has 3 aromatic heterocycles. The Hall–Kier alpha value is -2.17. The number of thioether (sulfide) groups is 1. The molecule has 2 N–H and O–H groups in total. The normalized spacial score (nSPS) is 19.3. The molecule has 0 spiro atoms. The van der Waals surface area contributed by atoms with Gasteiger partial charge in [0.2, 0.25) is 5.91 Å². The topological polar surface area (TPSA) is 101 Å². The van der Waals surface area contributed by atoms with Crippen LogP contribution in [0.3, 0.4) is 0 Å². The highest BCUT2D eigenvalue weighted by Gasteiger charge is 2.29. The fraction of sp³-hybridized carbons (Fsp3) is 0.520. The quantitative estimate of drug-likeness (QED) is 0.257. The Balaban J connectivity index is 1.32. The zero-order valence-electron chi connectivity index (χ0n) is 20.1. The third kappa shape index (κ3) is 4.93. The van der Waals surface area contributed by atoms with E-state index in [9.17, 15) is 14.4 Å². The summed E-state index contributed by atoms with van der Waals surface area (Å²) in [4.78, 5) is 49.0. The second kappa shape index (κ2) is 10.1. The summed E-state index contributed by atoms with van der Waals surface area (Å²) in [6.45, 7) is 6.51. The van der Waals surface area contributed by atoms with E-state index < -0.39 is 0 Å². The largest absolute Gasteiger partial charge is 0.462 e. The summed E-state index contributed by atoms with van der Waals surface area (Å²) in [5.41, 5.74) is 2.54. The van der Waals surface area contributed by atoms with Crippen LogP contribution >= 0.6 is 34.4 Å². The highest BCUT2D eigenvalue weighted by Crippen LogP contribution is 2.40. The van der Waals surface area contributed by atoms with Crippen molar-refractivity contribution in [3.8, 4) is 0 Å². The lowest BCUT2D eigenvalue weighted by molar-refractivity contribution is -0.113. The predicted molar refractivity (Wildman–Crippen MR) is 142 cm³/mol. The summed E-state index contributed by atoms with van der Waals surface area (Å²) in [5.74, 6) is 0.638. The van der Waals surface area contributed by atoms with Crippen molar-refractivity contribution in [2.24, 2.45) is 11.8 Å². The maximum atomic E-state index is 12.8. The lowest BCUT2D eigenvalue weighted by Crippen LogP contribution is -2.18. The van der Waals surface area contributed by atoms with Gasteiger partial charge in [-0.05, 0) is 68.4 Å². The number of aromatic nitrogens is 2. The fourth-order valence-corrected chi connectivity index (χ4v) is 8.47. The van der Waals surface area contributed by atoms with Crippen LogP contribution in [0, 0.1) is 11.8 Å². The predicted octanol–water partition coefficient (Wildman–Crippen LogP) is 5.20. The maximum absolute atomic E-state index is 12.8. The van der Waals surface area contributed by atoms with Crippen LogP contribution in [0.15, 0.2) is 9.95 Å². The van der Waals surface area contributed by atoms with Gasteiger partial charge in [0.05, 0.1) is 23.3 Å². The van der Waals surface area contributed by atoms with Gasteiger partial charge in [-0.25, -0.2) is 9.78 Å². The molecule has 1 amide bonds. The molecule has 186 valence electrons. The van der Waals surface area contributed by atoms with Crippen molar-refractivity contribution in [2.45, 2.75) is 64.5 Å². The molecule has 2 aliphatic rings. The van der Waals surface area contributed by atoms with E-state index in [4.69, 9.17) is 4.74 Å². The number of nitrogens with zero attached hydrogens (tertiary/aromatic N) is 1. The molecule has 0 aromatic carbocycles. The first-order valence-electron chi connectivity index (χ1n) is 12.1. The minimum absolute atomic E-state index is 0.0812. The molecule has 35 heavy (non-hydrogen) atoms. The molecule has 2 aliphatic carbocycles. The van der Waals surface area contributed by atoms with E-state index in [1.807, 2.05) is 0 Å². The molecule has 2 unspecified atom stereocenters. The SMILES string of the molecule is CCOC(=O)c1c(NC(=O)CSc2nc3sc4c(c3c(=O)[nH]2)CCC(C)C4)sc2c1CCC(C)C2. The summed E-state index contributed by atoms with van der Waals surface area (Å²) in [7, 11) is 0. The van der Waals surface area contributed by atoms with Gasteiger partial charge in [0.1, 0.15) is 9.83 Å². The third-order valence-corrected chi connectivity index (χ3v) is 9.92. The summed E-state index contributed by atoms with van der Waals surface area (Å²) < 4.78 is 5.29. The number of ether oxygens (including phenoxy) is 1. The summed E-state index contributed by atoms with van der Waals surface area (Å²) in [6, 6.07) is 0. The number of fused-ring (bicyclic) bond motifs is 4. The number of H-pyrrole nitrogens is 1. The first-order valence-corrected chi connectivity index (χ1v) is 14.7. The van der Waals surface area contributed by atoms with E-state index in [2.05, 4.69) is 29.1 Å². The summed E-state index contributed by atoms with van der Waals surface area (Å²) in [5, 5.41) is 4.64. The number of thiophene rings is 2. The molecule has 3 aromatic rings. The van der Waals surface area contributed by atoms with Gasteiger partial charge in [-0.2, -0.15) is 0 Å². The van der Waals surface area contributed by atoms with E-state index in [0.29, 0.717) is 32.9 Å². The number of amides is 1. The molecular formula is C25H29N3O4S3. The first kappa shape index (κ1) is 24.5. The van der Waals surface area contributed by atoms with Crippen LogP contribution in [-0.4, -0.2) is 34.2 Å². The standard InChI is InChI=1S/C25H29N3O4S3/c1-4-32-24(31)20-15-8-6-13(3)10-17(15)35-23(20)26-18(29)11-33-25-27-21(30)19-14-7-5-12(2)9-16(14)34-22(19)28-25/h12-13H,4-11H2,1-3H3,(H,26,29)(H,27,28,30). The van der Waals surface area contributed by atoms with Gasteiger partial charge in [0.15, 0.2) is 5.16 Å². The van der Waals surface area contributed by atoms with Crippen LogP contribution in [0.4, 0.5) is 5.00 Å². The second-order valence-electron chi connectivity index (χ2n) is 9.52. The number of rotatable bonds is 6. The Morgan fingerprint density at radius 1 is 1.11 bits per heavy atom. The van der Waals surface area contributed by atoms with Crippen LogP contribution in [0.2, 0.25) is 0 Å². The molecular weight excluding hydrogens is 502 g/mol. The van der Waals surface area contributed by atoms with E-state index in [0.717, 1.165) is 59.4 Å². The molecule has 0 saturated heterocycles. The van der Waals surface area contributed by atoms with Crippen LogP contribution < -0.4 is 10.9 Å². The molecule has 0 fully saturated rings. The number of carbonyl (C=O) groups excluding carboxylic acids is 2. The highest BCUT2D eigenvalue weighted by molar-refractivity contribution is 7.99. The van der Waals surface area contributed by atoms with Gasteiger partial charge >= 0.3 is 5.97 Å². The Bertz CT molecular complexity index is 1360. The van der Waals surface area contributed by atoms with Crippen LogP contribution in [0.5, 0.6) is 0 Å². The van der Waals surface area contributed by atoms with Crippen molar-refractivity contribution in [2.75, 3.05) is 17.7 Å². The van der Waals surface area contributed by atoms with Gasteiger partial charge < -0.3 is 15.0 Å². The van der Waals surface area contributed by atoms with Gasteiger partial charge in [-0.3, -0.25) is 9.59 Å². The number of nitrogens with one attached hydrogen (secondary N) is 2. The molecule has 0 saturated carbocycles. The van der Waals surface area contributed by atoms with Crippen LogP contribution in [0.25, 0.3) is 10.2 Å². The molecule has 0 radical (unpaired) electrons. The lowest BCUT2D eigenvalue weighted by Gasteiger charge is -2.18. The molecule has 2 atom stereocenters. The number of hydrogen-bond acceptors (Lipinski definition) is 8. The minimum Gasteiger partial charge on any atom is -0.462 e. The Morgan fingerprint density at radius 2 is 1.80 bits per heavy atom. The number of hydrogen-bond donors (Lipinski definition) is 2. The average Bonchev–Trinajstić information content (AvgIpc) is 3.34. The van der Waals surface area contributed by atoms with E-state index in [1.54, 1.807) is 18.3 Å². The molecule has 5 rings (SSSR count). The fourth-order valence-electron chi connectivity index (χ4n) is 4.95. The van der Waals surface area contributed by atoms with Crippen molar-refractivity contribution < 1.29 is 14.3 Å².